The normalized spacial score (nSPS) is 25.5. The maximum atomic E-state index is 4.34. The molecular formula is C40H56. The first-order chi connectivity index (χ1) is 18.8. The summed E-state index contributed by atoms with van der Waals surface area (Å²) in [4.78, 5) is 0. The smallest absolute Gasteiger partial charge is 0.00285 e. The molecule has 2 aliphatic rings. The van der Waals surface area contributed by atoms with E-state index < -0.39 is 0 Å². The highest BCUT2D eigenvalue weighted by molar-refractivity contribution is 5.33. The molecule has 0 saturated heterocycles. The molecule has 2 saturated carbocycles. The van der Waals surface area contributed by atoms with E-state index in [9.17, 15) is 0 Å². The highest BCUT2D eigenvalue weighted by Gasteiger charge is 2.33. The molecule has 40 heavy (non-hydrogen) atoms. The monoisotopic (exact) mass is 536 g/mol. The van der Waals surface area contributed by atoms with E-state index in [0.717, 1.165) is 12.8 Å². The van der Waals surface area contributed by atoms with Gasteiger partial charge in [0.25, 0.3) is 0 Å². The van der Waals surface area contributed by atoms with E-state index in [1.165, 1.54) is 59.1 Å². The summed E-state index contributed by atoms with van der Waals surface area (Å²) in [5.41, 5.74) is 8.36. The van der Waals surface area contributed by atoms with Crippen molar-refractivity contribution < 1.29 is 0 Å². The highest BCUT2D eigenvalue weighted by Crippen LogP contribution is 2.44. The number of hydrogen-bond acceptors (Lipinski definition) is 0. The van der Waals surface area contributed by atoms with Crippen molar-refractivity contribution in [2.24, 2.45) is 22.7 Å². The zero-order chi connectivity index (χ0) is 29.8. The van der Waals surface area contributed by atoms with Gasteiger partial charge >= 0.3 is 0 Å². The van der Waals surface area contributed by atoms with E-state index in [0.29, 0.717) is 22.7 Å². The van der Waals surface area contributed by atoms with Gasteiger partial charge in [-0.1, -0.05) is 159 Å². The van der Waals surface area contributed by atoms with Crippen molar-refractivity contribution in [2.45, 2.75) is 93.9 Å². The van der Waals surface area contributed by atoms with Gasteiger partial charge in [0, 0.05) is 11.8 Å². The van der Waals surface area contributed by atoms with E-state index in [2.05, 4.69) is 154 Å². The minimum absolute atomic E-state index is 0.311. The first-order valence-corrected chi connectivity index (χ1v) is 15.3. The van der Waals surface area contributed by atoms with Crippen molar-refractivity contribution >= 4 is 0 Å². The van der Waals surface area contributed by atoms with Crippen LogP contribution in [0.15, 0.2) is 132 Å². The second-order valence-electron chi connectivity index (χ2n) is 13.4. The van der Waals surface area contributed by atoms with Crippen molar-refractivity contribution in [2.75, 3.05) is 0 Å². The zero-order valence-corrected chi connectivity index (χ0v) is 26.9. The predicted molar refractivity (Wildman–Crippen MR) is 181 cm³/mol. The van der Waals surface area contributed by atoms with Crippen LogP contribution in [0.3, 0.4) is 0 Å². The van der Waals surface area contributed by atoms with Crippen LogP contribution in [0.5, 0.6) is 0 Å². The molecule has 0 aromatic heterocycles. The van der Waals surface area contributed by atoms with Crippen LogP contribution >= 0.6 is 0 Å². The fraction of sp³-hybridized carbons (Fsp3) is 0.450. The molecule has 0 amide bonds. The van der Waals surface area contributed by atoms with Gasteiger partial charge in [-0.25, -0.2) is 0 Å². The van der Waals surface area contributed by atoms with Gasteiger partial charge in [0.05, 0.1) is 0 Å². The van der Waals surface area contributed by atoms with Crippen molar-refractivity contribution in [3.63, 3.8) is 0 Å². The molecule has 2 rings (SSSR count). The van der Waals surface area contributed by atoms with Crippen LogP contribution in [0.25, 0.3) is 0 Å². The Morgan fingerprint density at radius 3 is 1.23 bits per heavy atom. The van der Waals surface area contributed by atoms with Gasteiger partial charge in [-0.3, -0.25) is 0 Å². The van der Waals surface area contributed by atoms with Crippen molar-refractivity contribution in [3.05, 3.63) is 132 Å². The second-order valence-corrected chi connectivity index (χ2v) is 13.4. The standard InChI is InChI=1S/C40H56/c1-31(19-13-21-33(3)25-27-37-35(5)23-15-29-39(37,7)8)17-11-12-18-32(2)20-14-22-34(4)26-28-38-36(6)24-16-30-40(38,9)10/h11-14,17-22,25-28,37-38H,5-6,15-16,23-24,29-30H2,1-4,7-10H3/b12-11+,19-13+,20-14?,27-25+,28-26?,31-17+,32-18?,33-21+,34-22?. The van der Waals surface area contributed by atoms with E-state index in [-0.39, 0.29) is 0 Å². The number of rotatable bonds is 10. The molecular weight excluding hydrogens is 480 g/mol. The van der Waals surface area contributed by atoms with Crippen LogP contribution < -0.4 is 0 Å². The summed E-state index contributed by atoms with van der Waals surface area (Å²) < 4.78 is 0. The minimum Gasteiger partial charge on any atom is -0.0992 e. The SMILES string of the molecule is C=C1CCCC(C)(C)C1C=CC(C)=CC=CC(C)=C/C=C/C=C(C)/C=C/C=C(C)/C=C/C1C(=C)CCCC1(C)C. The van der Waals surface area contributed by atoms with Crippen LogP contribution in [0.1, 0.15) is 93.9 Å². The Bertz CT molecular complexity index is 1060. The fourth-order valence-electron chi connectivity index (χ4n) is 5.90. The van der Waals surface area contributed by atoms with Gasteiger partial charge in [0.2, 0.25) is 0 Å². The topological polar surface area (TPSA) is 0 Å². The van der Waals surface area contributed by atoms with Gasteiger partial charge in [-0.2, -0.15) is 0 Å². The second kappa shape index (κ2) is 15.8. The summed E-state index contributed by atoms with van der Waals surface area (Å²) in [6.45, 7) is 26.8. The van der Waals surface area contributed by atoms with Gasteiger partial charge in [-0.15, -0.1) is 0 Å². The molecule has 2 fully saturated rings. The highest BCUT2D eigenvalue weighted by atomic mass is 14.4. The molecule has 0 bridgehead atoms. The molecule has 0 aromatic carbocycles. The van der Waals surface area contributed by atoms with Crippen LogP contribution in [0.2, 0.25) is 0 Å². The molecule has 0 heterocycles. The molecule has 0 heteroatoms. The average molecular weight is 537 g/mol. The third-order valence-electron chi connectivity index (χ3n) is 8.57. The Morgan fingerprint density at radius 1 is 0.550 bits per heavy atom. The first-order valence-electron chi connectivity index (χ1n) is 15.3. The van der Waals surface area contributed by atoms with Gasteiger partial charge in [0.1, 0.15) is 0 Å². The summed E-state index contributed by atoms with van der Waals surface area (Å²) in [7, 11) is 0. The third kappa shape index (κ3) is 11.3. The van der Waals surface area contributed by atoms with Crippen molar-refractivity contribution in [1.29, 1.82) is 0 Å². The van der Waals surface area contributed by atoms with Gasteiger partial charge < -0.3 is 0 Å². The largest absolute Gasteiger partial charge is 0.0992 e. The molecule has 0 nitrogen and oxygen atoms in total. The first kappa shape index (κ1) is 33.3. The summed E-state index contributed by atoms with van der Waals surface area (Å²) in [5.74, 6) is 0.951. The molecule has 2 atom stereocenters. The van der Waals surface area contributed by atoms with E-state index in [1.54, 1.807) is 0 Å². The maximum absolute atomic E-state index is 4.34. The lowest BCUT2D eigenvalue weighted by atomic mass is 9.66. The fourth-order valence-corrected chi connectivity index (χ4v) is 5.90. The van der Waals surface area contributed by atoms with Crippen LogP contribution in [-0.4, -0.2) is 0 Å². The Labute approximate surface area is 247 Å². The van der Waals surface area contributed by atoms with Gasteiger partial charge in [0.15, 0.2) is 0 Å². The van der Waals surface area contributed by atoms with Crippen LogP contribution in [0.4, 0.5) is 0 Å². The summed E-state index contributed by atoms with van der Waals surface area (Å²) in [6, 6.07) is 0. The molecule has 2 aliphatic carbocycles. The summed E-state index contributed by atoms with van der Waals surface area (Å²) >= 11 is 0. The zero-order valence-electron chi connectivity index (χ0n) is 26.9. The van der Waals surface area contributed by atoms with Gasteiger partial charge in [-0.05, 0) is 77.0 Å². The molecule has 216 valence electrons. The Balaban J connectivity index is 1.86. The third-order valence-corrected chi connectivity index (χ3v) is 8.57. The van der Waals surface area contributed by atoms with E-state index in [1.807, 2.05) is 0 Å². The average Bonchev–Trinajstić information content (AvgIpc) is 2.85. The van der Waals surface area contributed by atoms with Crippen molar-refractivity contribution in [1.82, 2.24) is 0 Å². The Hall–Kier alpha value is -2.86. The molecule has 0 radical (unpaired) electrons. The molecule has 0 N–H and O–H groups in total. The lowest BCUT2D eigenvalue weighted by Gasteiger charge is -2.38. The molecule has 0 aliphatic heterocycles. The summed E-state index contributed by atoms with van der Waals surface area (Å²) in [5, 5.41) is 0. The Morgan fingerprint density at radius 2 is 0.875 bits per heavy atom. The number of hydrogen-bond donors (Lipinski definition) is 0. The quantitative estimate of drug-likeness (QED) is 0.192. The lowest BCUT2D eigenvalue weighted by molar-refractivity contribution is 0.228. The van der Waals surface area contributed by atoms with Crippen molar-refractivity contribution in [3.8, 4) is 0 Å². The molecule has 2 unspecified atom stereocenters. The van der Waals surface area contributed by atoms with E-state index in [4.69, 9.17) is 0 Å². The minimum atomic E-state index is 0.311. The molecule has 0 aromatic rings. The van der Waals surface area contributed by atoms with Crippen LogP contribution in [-0.2, 0) is 0 Å². The Kier molecular flexibility index (Phi) is 13.2. The molecule has 0 spiro atoms. The predicted octanol–water partition coefficient (Wildman–Crippen LogP) is 12.3. The summed E-state index contributed by atoms with van der Waals surface area (Å²) in [6.07, 6.45) is 38.1. The lowest BCUT2D eigenvalue weighted by Crippen LogP contribution is -2.27. The maximum Gasteiger partial charge on any atom is 0.00285 e. The number of allylic oxidation sites excluding steroid dienone is 20. The van der Waals surface area contributed by atoms with Crippen LogP contribution in [0, 0.1) is 22.7 Å². The van der Waals surface area contributed by atoms with E-state index >= 15 is 0 Å².